The molecular formula is C31H32Cl3F2N7O9. The van der Waals surface area contributed by atoms with Gasteiger partial charge in [0.05, 0.1) is 80.6 Å². The molecule has 2 N–H and O–H groups in total. The highest BCUT2D eigenvalue weighted by atomic mass is 35.5. The van der Waals surface area contributed by atoms with Crippen LogP contribution >= 0.6 is 34.8 Å². The first-order valence-electron chi connectivity index (χ1n) is 13.5. The lowest BCUT2D eigenvalue weighted by Gasteiger charge is -2.07. The van der Waals surface area contributed by atoms with Crippen molar-refractivity contribution >= 4 is 51.9 Å². The summed E-state index contributed by atoms with van der Waals surface area (Å²) >= 11 is 16.8. The van der Waals surface area contributed by atoms with E-state index in [-0.39, 0.29) is 34.7 Å². The number of aromatic hydroxyl groups is 1. The second-order valence-corrected chi connectivity index (χ2v) is 10.3. The van der Waals surface area contributed by atoms with E-state index in [1.807, 2.05) is 6.92 Å². The van der Waals surface area contributed by atoms with Gasteiger partial charge in [-0.3, -0.25) is 34.9 Å². The molecule has 5 rings (SSSR count). The molecule has 0 aliphatic heterocycles. The Kier molecular flexibility index (Phi) is 19.6. The number of hydrogen-bond acceptors (Lipinski definition) is 11. The molecule has 0 aliphatic rings. The molecule has 0 atom stereocenters. The number of halogens is 5. The maximum atomic E-state index is 12.8. The summed E-state index contributed by atoms with van der Waals surface area (Å²) in [7, 11) is 2.70. The lowest BCUT2D eigenvalue weighted by atomic mass is 10.2. The van der Waals surface area contributed by atoms with E-state index >= 15 is 0 Å². The molecule has 0 aliphatic carbocycles. The van der Waals surface area contributed by atoms with Crippen molar-refractivity contribution in [3.63, 3.8) is 0 Å². The molecule has 0 bridgehead atoms. The predicted octanol–water partition coefficient (Wildman–Crippen LogP) is 9.40. The van der Waals surface area contributed by atoms with Crippen LogP contribution in [0.4, 0.5) is 25.8 Å². The number of aromatic amines is 1. The fourth-order valence-corrected chi connectivity index (χ4v) is 4.01. The van der Waals surface area contributed by atoms with Gasteiger partial charge < -0.3 is 19.6 Å². The van der Waals surface area contributed by atoms with Crippen molar-refractivity contribution in [2.75, 3.05) is 14.2 Å². The minimum atomic E-state index is -1.07. The van der Waals surface area contributed by atoms with Gasteiger partial charge in [-0.2, -0.15) is 8.78 Å². The van der Waals surface area contributed by atoms with Crippen LogP contribution in [0.5, 0.6) is 17.2 Å². The van der Waals surface area contributed by atoms with Crippen LogP contribution in [-0.4, -0.2) is 53.6 Å². The van der Waals surface area contributed by atoms with Crippen molar-refractivity contribution in [1.29, 1.82) is 0 Å². The number of hydrogen-bond donors (Lipinski definition) is 2. The van der Waals surface area contributed by atoms with Crippen molar-refractivity contribution in [3.8, 4) is 22.9 Å². The number of aryl methyl sites for hydroxylation is 2. The Morgan fingerprint density at radius 3 is 1.65 bits per heavy atom. The third-order valence-electron chi connectivity index (χ3n) is 5.70. The number of nitrogens with one attached hydrogen (secondary N) is 1. The molecule has 2 aromatic heterocycles. The maximum Gasteiger partial charge on any atom is 0.308 e. The predicted molar refractivity (Wildman–Crippen MR) is 192 cm³/mol. The summed E-state index contributed by atoms with van der Waals surface area (Å²) in [5.74, 6) is -2.21. The van der Waals surface area contributed by atoms with Gasteiger partial charge >= 0.3 is 11.4 Å². The Morgan fingerprint density at radius 2 is 1.27 bits per heavy atom. The molecule has 3 aromatic carbocycles. The number of nitro benzene ring substituents is 3. The summed E-state index contributed by atoms with van der Waals surface area (Å²) in [6.45, 7) is 9.76. The van der Waals surface area contributed by atoms with E-state index < -0.39 is 43.5 Å². The molecule has 52 heavy (non-hydrogen) atoms. The number of nitrogens with zero attached hydrogens (tertiary/aromatic N) is 6. The van der Waals surface area contributed by atoms with Crippen LogP contribution in [0, 0.1) is 55.8 Å². The highest BCUT2D eigenvalue weighted by molar-refractivity contribution is 6.32. The van der Waals surface area contributed by atoms with Gasteiger partial charge in [0.2, 0.25) is 11.6 Å². The van der Waals surface area contributed by atoms with E-state index in [0.29, 0.717) is 22.8 Å². The number of phenolic OH excluding ortho intramolecular Hbond substituents is 1. The standard InChI is InChI=1S/C11H10ClN3O3.C7H5ClFNO3.C6H3ClFNO3.C4H6N2.C2H4.CH4/c1-7-5-14(6-13-7)9-3-8(12)11(18-2)4-10(9)15(16)17;1-13-7-3-6(10(11)12)5(9)2-4(7)8;7-3-1-4(8)5(9(11)12)2-6(3)10;1-4-2-5-3-6-4;1-2;/h3-6H,1-2H3;2-3H,1H3;1-2,10H;2-3H,1H3,(H,5,6);1-2H2;1H4. The fraction of sp³-hybridized carbons (Fsp3) is 0.161. The number of ether oxygens (including phenoxy) is 2. The van der Waals surface area contributed by atoms with Gasteiger partial charge in [0.15, 0.2) is 0 Å². The lowest BCUT2D eigenvalue weighted by molar-refractivity contribution is -0.387. The molecule has 0 saturated heterocycles. The average molecular weight is 791 g/mol. The van der Waals surface area contributed by atoms with E-state index in [1.165, 1.54) is 32.7 Å². The second-order valence-electron chi connectivity index (χ2n) is 9.10. The number of benzene rings is 3. The van der Waals surface area contributed by atoms with Crippen molar-refractivity contribution < 1.29 is 38.1 Å². The highest BCUT2D eigenvalue weighted by Gasteiger charge is 2.20. The highest BCUT2D eigenvalue weighted by Crippen LogP contribution is 2.35. The zero-order chi connectivity index (χ0) is 39.0. The number of rotatable bonds is 6. The monoisotopic (exact) mass is 789 g/mol. The summed E-state index contributed by atoms with van der Waals surface area (Å²) in [5.41, 5.74) is 0.685. The van der Waals surface area contributed by atoms with Crippen LogP contribution < -0.4 is 9.47 Å². The molecule has 0 radical (unpaired) electrons. The Hall–Kier alpha value is -5.85. The van der Waals surface area contributed by atoms with E-state index in [1.54, 1.807) is 30.2 Å². The number of H-pyrrole nitrogens is 1. The maximum absolute atomic E-state index is 12.8. The Labute approximate surface area is 310 Å². The van der Waals surface area contributed by atoms with Gasteiger partial charge in [0, 0.05) is 30.2 Å². The van der Waals surface area contributed by atoms with Crippen LogP contribution in [0.3, 0.4) is 0 Å². The van der Waals surface area contributed by atoms with Crippen LogP contribution in [0.1, 0.15) is 18.8 Å². The Bertz CT molecular complexity index is 1960. The summed E-state index contributed by atoms with van der Waals surface area (Å²) in [6.07, 6.45) is 6.63. The fourth-order valence-electron chi connectivity index (χ4n) is 3.40. The number of aromatic nitrogens is 4. The summed E-state index contributed by atoms with van der Waals surface area (Å²) in [5, 5.41) is 40.4. The van der Waals surface area contributed by atoms with Crippen molar-refractivity contribution in [2.45, 2.75) is 21.3 Å². The molecule has 21 heteroatoms. The van der Waals surface area contributed by atoms with Crippen molar-refractivity contribution in [1.82, 2.24) is 19.5 Å². The molecular weight excluding hydrogens is 759 g/mol. The van der Waals surface area contributed by atoms with E-state index in [4.69, 9.17) is 44.6 Å². The summed E-state index contributed by atoms with van der Waals surface area (Å²) in [4.78, 5) is 39.8. The third kappa shape index (κ3) is 13.5. The van der Waals surface area contributed by atoms with Gasteiger partial charge in [0.1, 0.15) is 22.9 Å². The van der Waals surface area contributed by atoms with Crippen molar-refractivity contribution in [2.24, 2.45) is 0 Å². The van der Waals surface area contributed by atoms with Crippen molar-refractivity contribution in [3.05, 3.63) is 143 Å². The largest absolute Gasteiger partial charge is 0.506 e. The first-order valence-corrected chi connectivity index (χ1v) is 14.6. The van der Waals surface area contributed by atoms with Gasteiger partial charge in [-0.1, -0.05) is 42.2 Å². The Morgan fingerprint density at radius 1 is 0.808 bits per heavy atom. The number of phenols is 1. The normalized spacial score (nSPS) is 9.40. The SMILES string of the molecule is C.C=C.COc1cc([N+](=O)[O-])c(-n2cnc(C)c2)cc1Cl.COc1cc([N+](=O)[O-])c(F)cc1Cl.Cc1cnc[nH]1.O=[N+]([O-])c1cc(O)c(Cl)cc1F. The minimum Gasteiger partial charge on any atom is -0.506 e. The molecule has 280 valence electrons. The molecule has 0 amide bonds. The number of methoxy groups -OCH3 is 2. The Balaban J connectivity index is 0.000000685. The molecule has 16 nitrogen and oxygen atoms in total. The van der Waals surface area contributed by atoms with Crippen LogP contribution in [0.2, 0.25) is 15.1 Å². The zero-order valence-corrected chi connectivity index (χ0v) is 29.2. The number of imidazole rings is 2. The topological polar surface area (TPSA) is 215 Å². The summed E-state index contributed by atoms with van der Waals surface area (Å²) in [6, 6.07) is 5.93. The first-order chi connectivity index (χ1) is 24.0. The van der Waals surface area contributed by atoms with Gasteiger partial charge in [-0.25, -0.2) is 9.97 Å². The van der Waals surface area contributed by atoms with Crippen LogP contribution in [-0.2, 0) is 0 Å². The van der Waals surface area contributed by atoms with Crippen LogP contribution in [0.15, 0.2) is 74.6 Å². The smallest absolute Gasteiger partial charge is 0.308 e. The molecule has 2 heterocycles. The van der Waals surface area contributed by atoms with E-state index in [0.717, 1.165) is 23.5 Å². The molecule has 0 saturated carbocycles. The minimum absolute atomic E-state index is 0. The quantitative estimate of drug-likeness (QED) is 0.0938. The zero-order valence-electron chi connectivity index (χ0n) is 27.0. The first kappa shape index (κ1) is 46.1. The van der Waals surface area contributed by atoms with Gasteiger partial charge in [-0.05, 0) is 19.9 Å². The van der Waals surface area contributed by atoms with E-state index in [9.17, 15) is 39.1 Å². The van der Waals surface area contributed by atoms with Crippen LogP contribution in [0.25, 0.3) is 5.69 Å². The molecule has 0 spiro atoms. The number of nitro groups is 3. The van der Waals surface area contributed by atoms with E-state index in [2.05, 4.69) is 32.8 Å². The second kappa shape index (κ2) is 22.1. The molecule has 0 fully saturated rings. The average Bonchev–Trinajstić information content (AvgIpc) is 3.74. The third-order valence-corrected chi connectivity index (χ3v) is 6.59. The van der Waals surface area contributed by atoms with Gasteiger partial charge in [-0.15, -0.1) is 13.2 Å². The lowest BCUT2D eigenvalue weighted by Crippen LogP contribution is -1.99. The summed E-state index contributed by atoms with van der Waals surface area (Å²) < 4.78 is 36.7. The molecule has 0 unspecified atom stereocenters. The van der Waals surface area contributed by atoms with Gasteiger partial charge in [0.25, 0.3) is 5.69 Å². The molecule has 5 aromatic rings.